The molecule has 0 unspecified atom stereocenters. The number of piperidine rings is 1. The van der Waals surface area contributed by atoms with Gasteiger partial charge in [0.1, 0.15) is 0 Å². The van der Waals surface area contributed by atoms with Gasteiger partial charge in [0.15, 0.2) is 5.16 Å². The smallest absolute Gasteiger partial charge is 0.262 e. The number of halogens is 1. The molecule has 1 amide bonds. The van der Waals surface area contributed by atoms with Gasteiger partial charge in [0, 0.05) is 31.3 Å². The Hall–Kier alpha value is -1.57. The van der Waals surface area contributed by atoms with E-state index < -0.39 is 0 Å². The Morgan fingerprint density at radius 3 is 2.59 bits per heavy atom. The Morgan fingerprint density at radius 1 is 1.25 bits per heavy atom. The zero-order valence-electron chi connectivity index (χ0n) is 19.6. The van der Waals surface area contributed by atoms with Crippen molar-refractivity contribution in [3.05, 3.63) is 33.6 Å². The number of amides is 1. The first-order valence-corrected chi connectivity index (χ1v) is 12.7. The normalized spacial score (nSPS) is 20.2. The SMILES string of the molecule is CC(C)OCCCn1c(S[C@@H](C)C(=O)N2C[C@H](C)C[C@H](C)C2)nc2cc(Cl)ccc2c1=O. The first-order chi connectivity index (χ1) is 15.2. The number of hydrogen-bond acceptors (Lipinski definition) is 5. The first kappa shape index (κ1) is 25.1. The van der Waals surface area contributed by atoms with E-state index in [0.29, 0.717) is 52.5 Å². The lowest BCUT2D eigenvalue weighted by molar-refractivity contribution is -0.132. The van der Waals surface area contributed by atoms with Crippen LogP contribution >= 0.6 is 23.4 Å². The van der Waals surface area contributed by atoms with Crippen molar-refractivity contribution in [2.45, 2.75) is 70.5 Å². The second-order valence-electron chi connectivity index (χ2n) is 9.24. The third kappa shape index (κ3) is 6.27. The fourth-order valence-corrected chi connectivity index (χ4v) is 5.50. The van der Waals surface area contributed by atoms with E-state index in [1.807, 2.05) is 25.7 Å². The number of thioether (sulfide) groups is 1. The molecule has 0 aliphatic carbocycles. The van der Waals surface area contributed by atoms with Gasteiger partial charge in [-0.25, -0.2) is 4.98 Å². The first-order valence-electron chi connectivity index (χ1n) is 11.4. The number of benzene rings is 1. The predicted molar refractivity (Wildman–Crippen MR) is 132 cm³/mol. The van der Waals surface area contributed by atoms with Crippen LogP contribution in [-0.4, -0.2) is 51.4 Å². The molecular formula is C24H34ClN3O3S. The Morgan fingerprint density at radius 2 is 1.94 bits per heavy atom. The summed E-state index contributed by atoms with van der Waals surface area (Å²) in [6.07, 6.45) is 1.98. The maximum Gasteiger partial charge on any atom is 0.262 e. The highest BCUT2D eigenvalue weighted by molar-refractivity contribution is 8.00. The second kappa shape index (κ2) is 11.0. The lowest BCUT2D eigenvalue weighted by atomic mass is 9.92. The van der Waals surface area contributed by atoms with E-state index in [2.05, 4.69) is 13.8 Å². The maximum absolute atomic E-state index is 13.3. The molecule has 1 aliphatic heterocycles. The van der Waals surface area contributed by atoms with Crippen LogP contribution in [0.1, 0.15) is 47.5 Å². The number of rotatable bonds is 8. The van der Waals surface area contributed by atoms with E-state index in [4.69, 9.17) is 21.3 Å². The van der Waals surface area contributed by atoms with Gasteiger partial charge in [-0.05, 0) is 63.6 Å². The third-order valence-electron chi connectivity index (χ3n) is 5.67. The van der Waals surface area contributed by atoms with Gasteiger partial charge in [-0.2, -0.15) is 0 Å². The third-order valence-corrected chi connectivity index (χ3v) is 6.98. The molecule has 176 valence electrons. The molecule has 8 heteroatoms. The molecule has 1 aromatic heterocycles. The summed E-state index contributed by atoms with van der Waals surface area (Å²) in [6, 6.07) is 5.12. The summed E-state index contributed by atoms with van der Waals surface area (Å²) < 4.78 is 7.32. The molecule has 0 bridgehead atoms. The number of carbonyl (C=O) groups is 1. The zero-order valence-corrected chi connectivity index (χ0v) is 21.2. The lowest BCUT2D eigenvalue weighted by Crippen LogP contribution is -2.45. The van der Waals surface area contributed by atoms with Gasteiger partial charge >= 0.3 is 0 Å². The van der Waals surface area contributed by atoms with Gasteiger partial charge in [0.05, 0.1) is 22.3 Å². The number of nitrogens with zero attached hydrogens (tertiary/aromatic N) is 3. The van der Waals surface area contributed by atoms with Gasteiger partial charge in [-0.3, -0.25) is 14.2 Å². The van der Waals surface area contributed by atoms with Crippen LogP contribution < -0.4 is 5.56 Å². The fraction of sp³-hybridized carbons (Fsp3) is 0.625. The quantitative estimate of drug-likeness (QED) is 0.307. The summed E-state index contributed by atoms with van der Waals surface area (Å²) in [5.74, 6) is 1.10. The van der Waals surface area contributed by atoms with Crippen molar-refractivity contribution in [3.63, 3.8) is 0 Å². The van der Waals surface area contributed by atoms with E-state index in [1.165, 1.54) is 11.8 Å². The van der Waals surface area contributed by atoms with Crippen LogP contribution in [0.5, 0.6) is 0 Å². The number of carbonyl (C=O) groups excluding carboxylic acids is 1. The largest absolute Gasteiger partial charge is 0.379 e. The van der Waals surface area contributed by atoms with Crippen LogP contribution in [0.3, 0.4) is 0 Å². The van der Waals surface area contributed by atoms with Crippen molar-refractivity contribution in [3.8, 4) is 0 Å². The Labute approximate surface area is 199 Å². The molecular weight excluding hydrogens is 446 g/mol. The van der Waals surface area contributed by atoms with Gasteiger partial charge in [0.25, 0.3) is 5.56 Å². The van der Waals surface area contributed by atoms with Crippen molar-refractivity contribution in [1.82, 2.24) is 14.5 Å². The fourth-order valence-electron chi connectivity index (χ4n) is 4.31. The summed E-state index contributed by atoms with van der Waals surface area (Å²) >= 11 is 7.50. The van der Waals surface area contributed by atoms with E-state index in [0.717, 1.165) is 19.5 Å². The summed E-state index contributed by atoms with van der Waals surface area (Å²) in [5, 5.41) is 1.27. The number of hydrogen-bond donors (Lipinski definition) is 0. The van der Waals surface area contributed by atoms with E-state index in [9.17, 15) is 9.59 Å². The molecule has 0 N–H and O–H groups in total. The van der Waals surface area contributed by atoms with Crippen LogP contribution in [0.2, 0.25) is 5.02 Å². The number of aromatic nitrogens is 2. The van der Waals surface area contributed by atoms with Gasteiger partial charge < -0.3 is 9.64 Å². The average molecular weight is 480 g/mol. The Balaban J connectivity index is 1.86. The topological polar surface area (TPSA) is 64.4 Å². The predicted octanol–water partition coefficient (Wildman–Crippen LogP) is 4.85. The molecule has 32 heavy (non-hydrogen) atoms. The molecule has 1 fully saturated rings. The highest BCUT2D eigenvalue weighted by atomic mass is 35.5. The molecule has 3 rings (SSSR count). The van der Waals surface area contributed by atoms with Gasteiger partial charge in [0.2, 0.25) is 5.91 Å². The molecule has 1 saturated heterocycles. The molecule has 0 saturated carbocycles. The Kier molecular flexibility index (Phi) is 8.64. The second-order valence-corrected chi connectivity index (χ2v) is 11.0. The standard InChI is InChI=1S/C24H34ClN3O3S/c1-15(2)31-10-6-9-28-23(30)20-8-7-19(25)12-21(20)26-24(28)32-18(5)22(29)27-13-16(3)11-17(4)14-27/h7-8,12,15-18H,6,9-11,13-14H2,1-5H3/t16-,17+,18-/m0/s1. The number of fused-ring (bicyclic) bond motifs is 1. The maximum atomic E-state index is 13.3. The molecule has 2 heterocycles. The zero-order chi connectivity index (χ0) is 23.4. The molecule has 6 nitrogen and oxygen atoms in total. The molecule has 1 aliphatic rings. The minimum Gasteiger partial charge on any atom is -0.379 e. The van der Waals surface area contributed by atoms with Crippen LogP contribution in [0, 0.1) is 11.8 Å². The summed E-state index contributed by atoms with van der Waals surface area (Å²) in [5.41, 5.74) is 0.443. The van der Waals surface area contributed by atoms with E-state index in [1.54, 1.807) is 22.8 Å². The van der Waals surface area contributed by atoms with Gasteiger partial charge in [-0.1, -0.05) is 37.2 Å². The highest BCUT2D eigenvalue weighted by Crippen LogP contribution is 2.28. The van der Waals surface area contributed by atoms with Crippen LogP contribution in [0.4, 0.5) is 0 Å². The van der Waals surface area contributed by atoms with Gasteiger partial charge in [-0.15, -0.1) is 0 Å². The van der Waals surface area contributed by atoms with Crippen LogP contribution in [-0.2, 0) is 16.1 Å². The molecule has 0 spiro atoms. The molecule has 2 aromatic rings. The average Bonchev–Trinajstić information content (AvgIpc) is 2.71. The molecule has 3 atom stereocenters. The van der Waals surface area contributed by atoms with E-state index in [-0.39, 0.29) is 22.8 Å². The van der Waals surface area contributed by atoms with Crippen molar-refractivity contribution in [1.29, 1.82) is 0 Å². The van der Waals surface area contributed by atoms with Crippen LogP contribution in [0.15, 0.2) is 28.2 Å². The summed E-state index contributed by atoms with van der Waals surface area (Å²) in [7, 11) is 0. The Bertz CT molecular complexity index is 1000. The highest BCUT2D eigenvalue weighted by Gasteiger charge is 2.29. The minimum atomic E-state index is -0.339. The summed E-state index contributed by atoms with van der Waals surface area (Å²) in [6.45, 7) is 12.9. The number of likely N-dealkylation sites (tertiary alicyclic amines) is 1. The van der Waals surface area contributed by atoms with Crippen molar-refractivity contribution in [2.24, 2.45) is 11.8 Å². The summed E-state index contributed by atoms with van der Waals surface area (Å²) in [4.78, 5) is 33.2. The molecule has 0 radical (unpaired) electrons. The monoisotopic (exact) mass is 479 g/mol. The van der Waals surface area contributed by atoms with E-state index >= 15 is 0 Å². The minimum absolute atomic E-state index is 0.100. The lowest BCUT2D eigenvalue weighted by Gasteiger charge is -2.36. The molecule has 1 aromatic carbocycles. The van der Waals surface area contributed by atoms with Crippen LogP contribution in [0.25, 0.3) is 10.9 Å². The van der Waals surface area contributed by atoms with Crippen molar-refractivity contribution >= 4 is 40.2 Å². The number of ether oxygens (including phenoxy) is 1. The van der Waals surface area contributed by atoms with Crippen molar-refractivity contribution in [2.75, 3.05) is 19.7 Å². The van der Waals surface area contributed by atoms with Crippen molar-refractivity contribution < 1.29 is 9.53 Å².